The Balaban J connectivity index is 2.01. The van der Waals surface area contributed by atoms with Crippen LogP contribution in [0.3, 0.4) is 0 Å². The number of hydrogen-bond acceptors (Lipinski definition) is 5. The average molecular weight is 360 g/mol. The maximum atomic E-state index is 6.44. The van der Waals surface area contributed by atoms with Crippen molar-refractivity contribution >= 4 is 28.1 Å². The third-order valence-electron chi connectivity index (χ3n) is 3.58. The van der Waals surface area contributed by atoms with Gasteiger partial charge in [0.25, 0.3) is 0 Å². The number of aromatic nitrogens is 2. The normalized spacial score (nSPS) is 10.6. The fraction of sp³-hybridized carbons (Fsp3) is 0.222. The molecule has 0 bridgehead atoms. The fourth-order valence-electron chi connectivity index (χ4n) is 2.38. The molecule has 3 rings (SSSR count). The Labute approximate surface area is 150 Å². The van der Waals surface area contributed by atoms with E-state index in [0.29, 0.717) is 5.02 Å². The smallest absolute Gasteiger partial charge is 0.183 e. The minimum absolute atomic E-state index is 0.637. The molecule has 0 aliphatic rings. The molecule has 2 heterocycles. The molecular weight excluding hydrogens is 342 g/mol. The van der Waals surface area contributed by atoms with Crippen molar-refractivity contribution < 1.29 is 4.74 Å². The zero-order valence-electron chi connectivity index (χ0n) is 13.5. The van der Waals surface area contributed by atoms with Gasteiger partial charge in [0.05, 0.1) is 17.0 Å². The van der Waals surface area contributed by atoms with Gasteiger partial charge in [0, 0.05) is 41.8 Å². The van der Waals surface area contributed by atoms with Crippen molar-refractivity contribution in [3.05, 3.63) is 47.9 Å². The van der Waals surface area contributed by atoms with Crippen LogP contribution in [0.5, 0.6) is 5.75 Å². The lowest BCUT2D eigenvalue weighted by atomic mass is 10.0. The van der Waals surface area contributed by atoms with Crippen molar-refractivity contribution in [1.82, 2.24) is 9.97 Å². The molecule has 0 aliphatic carbocycles. The lowest BCUT2D eigenvalue weighted by Crippen LogP contribution is -1.97. The minimum atomic E-state index is 0.637. The molecule has 1 N–H and O–H groups in total. The number of methoxy groups -OCH3 is 1. The van der Waals surface area contributed by atoms with Crippen LogP contribution in [0.2, 0.25) is 5.02 Å². The average Bonchev–Trinajstić information content (AvgIpc) is 3.08. The third kappa shape index (κ3) is 3.52. The number of rotatable bonds is 6. The first-order chi connectivity index (χ1) is 11.7. The molecule has 6 heteroatoms. The van der Waals surface area contributed by atoms with Crippen LogP contribution in [0.1, 0.15) is 13.3 Å². The lowest BCUT2D eigenvalue weighted by Gasteiger charge is -2.10. The zero-order chi connectivity index (χ0) is 16.9. The van der Waals surface area contributed by atoms with Gasteiger partial charge in [-0.1, -0.05) is 29.9 Å². The molecule has 24 heavy (non-hydrogen) atoms. The molecule has 0 saturated heterocycles. The molecule has 0 aliphatic heterocycles. The molecule has 0 amide bonds. The molecule has 4 nitrogen and oxygen atoms in total. The predicted molar refractivity (Wildman–Crippen MR) is 101 cm³/mol. The molecule has 0 fully saturated rings. The Bertz CT molecular complexity index is 835. The number of hydrogen-bond donors (Lipinski definition) is 1. The molecule has 0 radical (unpaired) electrons. The van der Waals surface area contributed by atoms with Gasteiger partial charge < -0.3 is 10.1 Å². The van der Waals surface area contributed by atoms with Crippen LogP contribution in [-0.2, 0) is 0 Å². The highest BCUT2D eigenvalue weighted by molar-refractivity contribution is 7.18. The van der Waals surface area contributed by atoms with E-state index in [1.165, 1.54) is 0 Å². The molecule has 0 unspecified atom stereocenters. The second kappa shape index (κ2) is 7.64. The Kier molecular flexibility index (Phi) is 5.33. The molecule has 0 atom stereocenters. The fourth-order valence-corrected chi connectivity index (χ4v) is 3.53. The van der Waals surface area contributed by atoms with E-state index in [-0.39, 0.29) is 0 Å². The van der Waals surface area contributed by atoms with Crippen LogP contribution >= 0.6 is 22.9 Å². The predicted octanol–water partition coefficient (Wildman–Crippen LogP) is 5.36. The zero-order valence-corrected chi connectivity index (χ0v) is 15.1. The summed E-state index contributed by atoms with van der Waals surface area (Å²) in [6, 6.07) is 7.67. The van der Waals surface area contributed by atoms with E-state index >= 15 is 0 Å². The highest BCUT2D eigenvalue weighted by Crippen LogP contribution is 2.39. The van der Waals surface area contributed by atoms with E-state index in [2.05, 4.69) is 22.2 Å². The number of anilines is 1. The van der Waals surface area contributed by atoms with Gasteiger partial charge in [-0.2, -0.15) is 0 Å². The van der Waals surface area contributed by atoms with Crippen molar-refractivity contribution in [2.75, 3.05) is 19.0 Å². The Morgan fingerprint density at radius 1 is 1.17 bits per heavy atom. The monoisotopic (exact) mass is 359 g/mol. The van der Waals surface area contributed by atoms with E-state index in [0.717, 1.165) is 45.4 Å². The summed E-state index contributed by atoms with van der Waals surface area (Å²) in [7, 11) is 1.63. The number of ether oxygens (including phenoxy) is 1. The quantitative estimate of drug-likeness (QED) is 0.643. The summed E-state index contributed by atoms with van der Waals surface area (Å²) >= 11 is 8.07. The number of nitrogens with one attached hydrogen (secondary N) is 1. The Hall–Kier alpha value is -2.11. The topological polar surface area (TPSA) is 47.0 Å². The highest BCUT2D eigenvalue weighted by Gasteiger charge is 2.13. The van der Waals surface area contributed by atoms with Crippen LogP contribution < -0.4 is 10.1 Å². The molecule has 2 aromatic heterocycles. The number of pyridine rings is 1. The number of thiazole rings is 1. The highest BCUT2D eigenvalue weighted by atomic mass is 35.5. The van der Waals surface area contributed by atoms with Gasteiger partial charge in [0.15, 0.2) is 5.13 Å². The summed E-state index contributed by atoms with van der Waals surface area (Å²) in [5.74, 6) is 0.734. The van der Waals surface area contributed by atoms with Crippen molar-refractivity contribution in [3.63, 3.8) is 0 Å². The number of nitrogens with zero attached hydrogens (tertiary/aromatic N) is 2. The summed E-state index contributed by atoms with van der Waals surface area (Å²) in [5, 5.41) is 4.88. The molecule has 124 valence electrons. The standard InChI is InChI=1S/C18H18ClN3OS/c1-3-7-21-18-22-11-17(24-18)14-6-8-20-10-15(14)13-5-4-12(23-2)9-16(13)19/h4-6,8-11H,3,7H2,1-2H3,(H,21,22). The SMILES string of the molecule is CCCNc1ncc(-c2ccncc2-c2ccc(OC)cc2Cl)s1. The van der Waals surface area contributed by atoms with Gasteiger partial charge >= 0.3 is 0 Å². The summed E-state index contributed by atoms with van der Waals surface area (Å²) in [5.41, 5.74) is 2.98. The van der Waals surface area contributed by atoms with Crippen LogP contribution in [0.25, 0.3) is 21.6 Å². The second-order valence-electron chi connectivity index (χ2n) is 5.22. The summed E-state index contributed by atoms with van der Waals surface area (Å²) in [4.78, 5) is 9.80. The first-order valence-corrected chi connectivity index (χ1v) is 8.90. The molecule has 0 saturated carbocycles. The largest absolute Gasteiger partial charge is 0.497 e. The first-order valence-electron chi connectivity index (χ1n) is 7.71. The lowest BCUT2D eigenvalue weighted by molar-refractivity contribution is 0.415. The summed E-state index contributed by atoms with van der Waals surface area (Å²) in [6.45, 7) is 3.05. The maximum Gasteiger partial charge on any atom is 0.183 e. The van der Waals surface area contributed by atoms with Gasteiger partial charge in [-0.3, -0.25) is 4.98 Å². The third-order valence-corrected chi connectivity index (χ3v) is 4.89. The van der Waals surface area contributed by atoms with Crippen LogP contribution in [0, 0.1) is 0 Å². The van der Waals surface area contributed by atoms with Crippen LogP contribution in [-0.4, -0.2) is 23.6 Å². The number of benzene rings is 1. The van der Waals surface area contributed by atoms with Crippen molar-refractivity contribution in [1.29, 1.82) is 0 Å². The van der Waals surface area contributed by atoms with Crippen LogP contribution in [0.15, 0.2) is 42.9 Å². The van der Waals surface area contributed by atoms with Gasteiger partial charge in [0.2, 0.25) is 0 Å². The Morgan fingerprint density at radius 3 is 2.79 bits per heavy atom. The van der Waals surface area contributed by atoms with E-state index in [1.807, 2.05) is 36.7 Å². The summed E-state index contributed by atoms with van der Waals surface area (Å²) in [6.07, 6.45) is 6.58. The maximum absolute atomic E-state index is 6.44. The van der Waals surface area contributed by atoms with E-state index < -0.39 is 0 Å². The van der Waals surface area contributed by atoms with Gasteiger partial charge in [-0.15, -0.1) is 0 Å². The van der Waals surface area contributed by atoms with Crippen molar-refractivity contribution in [2.45, 2.75) is 13.3 Å². The molecule has 1 aromatic carbocycles. The molecular formula is C18H18ClN3OS. The molecule has 3 aromatic rings. The Morgan fingerprint density at radius 2 is 2.04 bits per heavy atom. The second-order valence-corrected chi connectivity index (χ2v) is 6.66. The van der Waals surface area contributed by atoms with Crippen molar-refractivity contribution in [2.24, 2.45) is 0 Å². The van der Waals surface area contributed by atoms with Crippen molar-refractivity contribution in [3.8, 4) is 27.3 Å². The van der Waals surface area contributed by atoms with E-state index in [1.54, 1.807) is 24.6 Å². The first kappa shape index (κ1) is 16.7. The van der Waals surface area contributed by atoms with E-state index in [9.17, 15) is 0 Å². The van der Waals surface area contributed by atoms with Gasteiger partial charge in [0.1, 0.15) is 5.75 Å². The summed E-state index contributed by atoms with van der Waals surface area (Å²) < 4.78 is 5.23. The number of halogens is 1. The van der Waals surface area contributed by atoms with Crippen LogP contribution in [0.4, 0.5) is 5.13 Å². The van der Waals surface area contributed by atoms with Gasteiger partial charge in [-0.05, 0) is 30.7 Å². The van der Waals surface area contributed by atoms with E-state index in [4.69, 9.17) is 16.3 Å². The van der Waals surface area contributed by atoms with Gasteiger partial charge in [-0.25, -0.2) is 4.98 Å². The minimum Gasteiger partial charge on any atom is -0.497 e. The molecule has 0 spiro atoms.